The Hall–Kier alpha value is -6.86. The Labute approximate surface area is 454 Å². The third-order valence-corrected chi connectivity index (χ3v) is 14.6. The van der Waals surface area contributed by atoms with Gasteiger partial charge in [0.25, 0.3) is 0 Å². The molecule has 10 atom stereocenters. The van der Waals surface area contributed by atoms with Gasteiger partial charge in [0.05, 0.1) is 25.2 Å². The molecule has 0 saturated carbocycles. The number of ether oxygens (including phenoxy) is 2. The van der Waals surface area contributed by atoms with Crippen LogP contribution in [0, 0.1) is 17.3 Å². The molecule has 7 amide bonds. The number of hydrogen-bond acceptors (Lipinski definition) is 17. The number of benzene rings is 1. The lowest BCUT2D eigenvalue weighted by atomic mass is 9.65. The first-order valence-corrected chi connectivity index (χ1v) is 26.7. The van der Waals surface area contributed by atoms with Crippen LogP contribution in [0.5, 0.6) is 0 Å². The number of H-pyrrole nitrogens is 1. The number of anilines is 2. The van der Waals surface area contributed by atoms with Gasteiger partial charge in [-0.1, -0.05) is 83.7 Å². The van der Waals surface area contributed by atoms with Gasteiger partial charge in [0.2, 0.25) is 35.4 Å². The van der Waals surface area contributed by atoms with Crippen molar-refractivity contribution in [2.75, 3.05) is 30.4 Å². The van der Waals surface area contributed by atoms with E-state index in [1.54, 1.807) is 26.0 Å². The number of nitrogens with zero attached hydrogens (tertiary/aromatic N) is 4. The summed E-state index contributed by atoms with van der Waals surface area (Å²) in [7, 11) is 0. The van der Waals surface area contributed by atoms with Gasteiger partial charge in [-0.25, -0.2) is 19.7 Å². The van der Waals surface area contributed by atoms with E-state index in [1.807, 2.05) is 40.7 Å². The lowest BCUT2D eigenvalue weighted by Crippen LogP contribution is -2.67. The molecule has 2 aromatic heterocycles. The Morgan fingerprint density at radius 3 is 2.29 bits per heavy atom. The number of amides is 7. The number of aliphatic hydroxyl groups excluding tert-OH is 4. The molecule has 2 unspecified atom stereocenters. The zero-order valence-corrected chi connectivity index (χ0v) is 46.1. The maximum atomic E-state index is 13.7. The number of unbranched alkanes of at least 4 members (excludes halogenated alkanes) is 2. The number of aliphatic hydroxyl groups is 4. The van der Waals surface area contributed by atoms with Crippen molar-refractivity contribution in [3.05, 3.63) is 59.7 Å². The van der Waals surface area contributed by atoms with Gasteiger partial charge < -0.3 is 66.8 Å². The van der Waals surface area contributed by atoms with Gasteiger partial charge in [0, 0.05) is 30.5 Å². The number of allylic oxidation sites excluding steroid dienone is 4. The fourth-order valence-electron chi connectivity index (χ4n) is 9.82. The number of nitrogens with one attached hydrogen (secondary N) is 7. The molecule has 2 aliphatic rings. The van der Waals surface area contributed by atoms with Crippen LogP contribution in [0.15, 0.2) is 48.3 Å². The van der Waals surface area contributed by atoms with Gasteiger partial charge in [0.15, 0.2) is 17.7 Å². The lowest BCUT2D eigenvalue weighted by molar-refractivity contribution is -0.185. The highest BCUT2D eigenvalue weighted by Crippen LogP contribution is 2.48. The van der Waals surface area contributed by atoms with Gasteiger partial charge in [-0.3, -0.25) is 33.7 Å². The van der Waals surface area contributed by atoms with Crippen LogP contribution in [0.25, 0.3) is 16.7 Å². The Bertz CT molecular complexity index is 2640. The summed E-state index contributed by atoms with van der Waals surface area (Å²) >= 11 is 0. The highest BCUT2D eigenvalue weighted by molar-refractivity contribution is 6.04. The first-order chi connectivity index (χ1) is 37.2. The van der Waals surface area contributed by atoms with E-state index < -0.39 is 103 Å². The molecule has 5 rings (SSSR count). The van der Waals surface area contributed by atoms with Crippen LogP contribution in [-0.2, 0) is 44.8 Å². The third-order valence-electron chi connectivity index (χ3n) is 14.6. The van der Waals surface area contributed by atoms with Crippen molar-refractivity contribution in [1.29, 1.82) is 0 Å². The number of rotatable bonds is 27. The molecule has 11 N–H and O–H groups in total. The van der Waals surface area contributed by atoms with E-state index in [0.29, 0.717) is 34.7 Å². The highest BCUT2D eigenvalue weighted by Gasteiger charge is 2.51. The van der Waals surface area contributed by atoms with Crippen LogP contribution in [-0.4, -0.2) is 155 Å². The van der Waals surface area contributed by atoms with Gasteiger partial charge in [-0.05, 0) is 76.1 Å². The van der Waals surface area contributed by atoms with Gasteiger partial charge in [-0.15, -0.1) is 0 Å². The van der Waals surface area contributed by atoms with Crippen LogP contribution in [0.1, 0.15) is 125 Å². The molecule has 1 aromatic carbocycles. The van der Waals surface area contributed by atoms with Gasteiger partial charge in [0.1, 0.15) is 60.7 Å². The predicted molar refractivity (Wildman–Crippen MR) is 288 cm³/mol. The summed E-state index contributed by atoms with van der Waals surface area (Å²) in [4.78, 5) is 110. The van der Waals surface area contributed by atoms with Crippen LogP contribution < -0.4 is 31.9 Å². The smallest absolute Gasteiger partial charge is 0.408 e. The second kappa shape index (κ2) is 28.7. The number of imidazole rings is 1. The van der Waals surface area contributed by atoms with E-state index in [2.05, 4.69) is 64.8 Å². The third kappa shape index (κ3) is 15.2. The second-order valence-corrected chi connectivity index (χ2v) is 20.3. The quantitative estimate of drug-likeness (QED) is 0.0297. The van der Waals surface area contributed by atoms with E-state index in [0.717, 1.165) is 48.2 Å². The highest BCUT2D eigenvalue weighted by atomic mass is 16.6. The van der Waals surface area contributed by atoms with Crippen molar-refractivity contribution in [2.45, 2.75) is 169 Å². The monoisotopic (exact) mass is 1090 g/mol. The molecule has 24 nitrogen and oxygen atoms in total. The van der Waals surface area contributed by atoms with Crippen LogP contribution in [0.3, 0.4) is 0 Å². The fraction of sp³-hybridized carbons (Fsp3) is 0.593. The van der Waals surface area contributed by atoms with Crippen molar-refractivity contribution in [3.8, 4) is 0 Å². The van der Waals surface area contributed by atoms with Crippen molar-refractivity contribution in [3.63, 3.8) is 0 Å². The standard InChI is InChI=1S/C54H79N11O13/c1-10-14-15-16-30(7)45-61-42-46(63-45)55-28-56-47(42)64-51-44(71)43(70)41(37(26-67)78-51)62-49(73)36(25-66)59-53(76)77-27-33-17-19-34(20-18-33)58-48(72)32(9)57-50(74)40(29(5)6)60-38(68)21-23-65-39(69)24-35(52(65)75)54(13-4,22-11-2)31(8)12-3/h12,16-20,28-29,32,35-37,40-41,43-44,51,66-67,70-71H,10-11,13-15,21-27H2,1-9H3,(H,57,74)(H,58,72)(H,59,76)(H,60,68)(H,62,73)(H2,55,56,61,63,64)/t32-,35?,36+,37-,40-,41-,43+,44-,51-,54?/m0/s1. The number of aromatic amines is 1. The maximum Gasteiger partial charge on any atom is 0.408 e. The molecule has 2 saturated heterocycles. The first-order valence-electron chi connectivity index (χ1n) is 26.7. The largest absolute Gasteiger partial charge is 0.445 e. The molecule has 428 valence electrons. The van der Waals surface area contributed by atoms with Crippen molar-refractivity contribution >= 4 is 69.8 Å². The molecule has 0 radical (unpaired) electrons. The topological polar surface area (TPSA) is 349 Å². The molecule has 0 aliphatic carbocycles. The summed E-state index contributed by atoms with van der Waals surface area (Å²) in [6.07, 6.45) is 3.30. The Balaban J connectivity index is 1.07. The molecular weight excluding hydrogens is 1010 g/mol. The fourth-order valence-corrected chi connectivity index (χ4v) is 9.82. The summed E-state index contributed by atoms with van der Waals surface area (Å²) < 4.78 is 11.1. The molecular formula is C54H79N11O13. The van der Waals surface area contributed by atoms with E-state index >= 15 is 0 Å². The number of hydrogen-bond donors (Lipinski definition) is 11. The summed E-state index contributed by atoms with van der Waals surface area (Å²) in [6, 6.07) is 1.07. The summed E-state index contributed by atoms with van der Waals surface area (Å²) in [5.41, 5.74) is 3.05. The van der Waals surface area contributed by atoms with Crippen LogP contribution in [0.4, 0.5) is 16.3 Å². The first kappa shape index (κ1) is 62.0. The number of fused-ring (bicyclic) bond motifs is 1. The Kier molecular flexibility index (Phi) is 22.8. The molecule has 0 spiro atoms. The normalized spacial score (nSPS) is 21.8. The van der Waals surface area contributed by atoms with E-state index in [4.69, 9.17) is 9.47 Å². The zero-order valence-electron chi connectivity index (χ0n) is 46.1. The zero-order chi connectivity index (χ0) is 57.4. The minimum absolute atomic E-state index is 0.0716. The average molecular weight is 1090 g/mol. The van der Waals surface area contributed by atoms with E-state index in [-0.39, 0.29) is 49.5 Å². The molecule has 24 heteroatoms. The van der Waals surface area contributed by atoms with Crippen LogP contribution in [0.2, 0.25) is 0 Å². The number of carbonyl (C=O) groups is 7. The summed E-state index contributed by atoms with van der Waals surface area (Å²) in [5, 5.41) is 58.2. The number of carbonyl (C=O) groups excluding carboxylic acids is 7. The van der Waals surface area contributed by atoms with E-state index in [9.17, 15) is 54.0 Å². The van der Waals surface area contributed by atoms with E-state index in [1.165, 1.54) is 25.4 Å². The lowest BCUT2D eigenvalue weighted by Gasteiger charge is -2.43. The maximum absolute atomic E-state index is 13.7. The predicted octanol–water partition coefficient (Wildman–Crippen LogP) is 3.08. The van der Waals surface area contributed by atoms with Gasteiger partial charge in [-0.2, -0.15) is 0 Å². The summed E-state index contributed by atoms with van der Waals surface area (Å²) in [5.74, 6) is -3.48. The Morgan fingerprint density at radius 2 is 1.67 bits per heavy atom. The molecule has 2 fully saturated rings. The van der Waals surface area contributed by atoms with Crippen molar-refractivity contribution in [2.24, 2.45) is 17.3 Å². The second-order valence-electron chi connectivity index (χ2n) is 20.3. The minimum atomic E-state index is -1.71. The van der Waals surface area contributed by atoms with Crippen LogP contribution >= 0.6 is 0 Å². The Morgan fingerprint density at radius 1 is 0.949 bits per heavy atom. The van der Waals surface area contributed by atoms with Crippen molar-refractivity contribution < 1.29 is 63.5 Å². The SMILES string of the molecule is CC=C(C)C(CC)(CCC)C1CC(=O)N(CCC(=O)N[C@H](C(=O)N[C@@H](C)C(=O)Nc2ccc(COC(=O)N[C@H](CO)C(=O)N[C@@H]3[C@@H](O)[C@H](O)[C@@H](Nc4ncnc5nc(C(C)=CCCCC)[nH]c45)O[C@H]3CO)cc2)C(C)C)C1=O. The average Bonchev–Trinajstić information content (AvgIpc) is 4.05. The summed E-state index contributed by atoms with van der Waals surface area (Å²) in [6.45, 7) is 14.9. The number of imide groups is 1. The molecule has 3 aromatic rings. The van der Waals surface area contributed by atoms with Gasteiger partial charge >= 0.3 is 6.09 Å². The van der Waals surface area contributed by atoms with Crippen molar-refractivity contribution in [1.82, 2.24) is 46.1 Å². The number of likely N-dealkylation sites (tertiary alicyclic amines) is 1. The molecule has 0 bridgehead atoms. The number of alkyl carbamates (subject to hydrolysis) is 1. The minimum Gasteiger partial charge on any atom is -0.445 e. The molecule has 4 heterocycles. The molecule has 2 aliphatic heterocycles. The number of aromatic nitrogens is 4. The molecule has 78 heavy (non-hydrogen) atoms.